The number of para-hydroxylation sites is 2. The largest absolute Gasteiger partial charge is 0.426 e. The molecule has 1 aliphatic rings. The SMILES string of the molecule is O=C1CCC/C=C\CCCC(=O)Oc2ccccc2-c2ccccc2O1. The lowest BCUT2D eigenvalue weighted by atomic mass is 10.0. The lowest BCUT2D eigenvalue weighted by Crippen LogP contribution is -2.10. The third-order valence-electron chi connectivity index (χ3n) is 4.18. The summed E-state index contributed by atoms with van der Waals surface area (Å²) in [7, 11) is 0. The molecule has 2 aromatic rings. The topological polar surface area (TPSA) is 52.6 Å². The first kappa shape index (κ1) is 17.9. The molecule has 0 amide bonds. The lowest BCUT2D eigenvalue weighted by Gasteiger charge is -2.14. The van der Waals surface area contributed by atoms with Crippen LogP contribution in [0.3, 0.4) is 0 Å². The van der Waals surface area contributed by atoms with Crippen LogP contribution in [0.1, 0.15) is 38.5 Å². The van der Waals surface area contributed by atoms with Crippen LogP contribution in [-0.2, 0) is 9.59 Å². The number of carbonyl (C=O) groups is 2. The van der Waals surface area contributed by atoms with E-state index in [1.807, 2.05) is 48.6 Å². The molecule has 0 radical (unpaired) electrons. The van der Waals surface area contributed by atoms with Crippen molar-refractivity contribution in [3.05, 3.63) is 60.7 Å². The second kappa shape index (κ2) is 8.99. The average molecular weight is 350 g/mol. The Hall–Kier alpha value is -2.88. The van der Waals surface area contributed by atoms with Crippen LogP contribution in [-0.4, -0.2) is 11.9 Å². The Balaban J connectivity index is 1.95. The van der Waals surface area contributed by atoms with Crippen LogP contribution < -0.4 is 9.47 Å². The zero-order valence-electron chi connectivity index (χ0n) is 14.6. The molecule has 0 saturated heterocycles. The third kappa shape index (κ3) is 4.82. The highest BCUT2D eigenvalue weighted by molar-refractivity contribution is 5.82. The van der Waals surface area contributed by atoms with E-state index in [1.54, 1.807) is 12.1 Å². The van der Waals surface area contributed by atoms with Gasteiger partial charge in [0.25, 0.3) is 0 Å². The number of allylic oxidation sites excluding steroid dienone is 2. The molecular weight excluding hydrogens is 328 g/mol. The van der Waals surface area contributed by atoms with Crippen molar-refractivity contribution < 1.29 is 19.1 Å². The van der Waals surface area contributed by atoms with Gasteiger partial charge in [-0.15, -0.1) is 0 Å². The summed E-state index contributed by atoms with van der Waals surface area (Å²) in [6, 6.07) is 14.6. The van der Waals surface area contributed by atoms with Crippen molar-refractivity contribution in [3.63, 3.8) is 0 Å². The van der Waals surface area contributed by atoms with Gasteiger partial charge in [-0.05, 0) is 37.8 Å². The van der Waals surface area contributed by atoms with Crippen LogP contribution in [0.4, 0.5) is 0 Å². The van der Waals surface area contributed by atoms with E-state index in [0.717, 1.165) is 36.8 Å². The molecule has 4 nitrogen and oxygen atoms in total. The molecule has 4 heteroatoms. The summed E-state index contributed by atoms with van der Waals surface area (Å²) in [6.07, 6.45) is 7.98. The maximum atomic E-state index is 12.2. The molecule has 0 fully saturated rings. The predicted molar refractivity (Wildman–Crippen MR) is 100.0 cm³/mol. The standard InChI is InChI=1S/C22H22O4/c23-21-15-5-3-1-2-4-6-16-22(24)26-20-14-10-8-12-18(20)17-11-7-9-13-19(17)25-21/h1-2,7-14H,3-6,15-16H2/b2-1-. The summed E-state index contributed by atoms with van der Waals surface area (Å²) in [5.41, 5.74) is 1.47. The monoisotopic (exact) mass is 350 g/mol. The van der Waals surface area contributed by atoms with Crippen LogP contribution >= 0.6 is 0 Å². The molecule has 3 rings (SSSR count). The van der Waals surface area contributed by atoms with Crippen LogP contribution in [0, 0.1) is 0 Å². The Labute approximate surface area is 153 Å². The summed E-state index contributed by atoms with van der Waals surface area (Å²) in [5, 5.41) is 0. The lowest BCUT2D eigenvalue weighted by molar-refractivity contribution is -0.135. The molecule has 0 N–H and O–H groups in total. The van der Waals surface area contributed by atoms with Crippen molar-refractivity contribution in [1.29, 1.82) is 0 Å². The Morgan fingerprint density at radius 3 is 1.50 bits per heavy atom. The van der Waals surface area contributed by atoms with E-state index in [-0.39, 0.29) is 11.9 Å². The molecule has 0 atom stereocenters. The van der Waals surface area contributed by atoms with E-state index >= 15 is 0 Å². The zero-order valence-corrected chi connectivity index (χ0v) is 14.6. The molecule has 134 valence electrons. The number of hydrogen-bond acceptors (Lipinski definition) is 4. The van der Waals surface area contributed by atoms with Gasteiger partial charge in [-0.3, -0.25) is 9.59 Å². The minimum absolute atomic E-state index is 0.257. The molecular formula is C22H22O4. The van der Waals surface area contributed by atoms with E-state index < -0.39 is 0 Å². The second-order valence-electron chi connectivity index (χ2n) is 6.20. The molecule has 26 heavy (non-hydrogen) atoms. The fraction of sp³-hybridized carbons (Fsp3) is 0.273. The Bertz CT molecular complexity index is 740. The first-order valence-electron chi connectivity index (χ1n) is 8.99. The predicted octanol–water partition coefficient (Wildman–Crippen LogP) is 5.07. The van der Waals surface area contributed by atoms with Crippen molar-refractivity contribution in [2.24, 2.45) is 0 Å². The molecule has 0 aliphatic carbocycles. The maximum absolute atomic E-state index is 12.2. The number of esters is 2. The minimum atomic E-state index is -0.257. The molecule has 0 unspecified atom stereocenters. The van der Waals surface area contributed by atoms with Crippen molar-refractivity contribution in [2.45, 2.75) is 38.5 Å². The highest BCUT2D eigenvalue weighted by atomic mass is 16.5. The van der Waals surface area contributed by atoms with E-state index in [0.29, 0.717) is 24.3 Å². The van der Waals surface area contributed by atoms with Gasteiger partial charge in [0.2, 0.25) is 0 Å². The first-order chi connectivity index (χ1) is 12.7. The Morgan fingerprint density at radius 1 is 0.615 bits per heavy atom. The maximum Gasteiger partial charge on any atom is 0.311 e. The molecule has 1 heterocycles. The summed E-state index contributed by atoms with van der Waals surface area (Å²) in [6.45, 7) is 0. The number of hydrogen-bond donors (Lipinski definition) is 0. The highest BCUT2D eigenvalue weighted by Gasteiger charge is 2.15. The van der Waals surface area contributed by atoms with Gasteiger partial charge < -0.3 is 9.47 Å². The van der Waals surface area contributed by atoms with E-state index in [9.17, 15) is 9.59 Å². The normalized spacial score (nSPS) is 17.4. The van der Waals surface area contributed by atoms with Gasteiger partial charge in [0.1, 0.15) is 11.5 Å². The Kier molecular flexibility index (Phi) is 6.20. The summed E-state index contributed by atoms with van der Waals surface area (Å²) >= 11 is 0. The van der Waals surface area contributed by atoms with Gasteiger partial charge in [-0.2, -0.15) is 0 Å². The number of ether oxygens (including phenoxy) is 2. The molecule has 2 aromatic carbocycles. The quantitative estimate of drug-likeness (QED) is 0.378. The van der Waals surface area contributed by atoms with Gasteiger partial charge in [-0.25, -0.2) is 0 Å². The minimum Gasteiger partial charge on any atom is -0.426 e. The number of fused-ring (bicyclic) bond motifs is 3. The molecule has 0 aromatic heterocycles. The van der Waals surface area contributed by atoms with Gasteiger partial charge in [-0.1, -0.05) is 48.6 Å². The van der Waals surface area contributed by atoms with Gasteiger partial charge >= 0.3 is 11.9 Å². The smallest absolute Gasteiger partial charge is 0.311 e. The first-order valence-corrected chi connectivity index (χ1v) is 8.99. The fourth-order valence-electron chi connectivity index (χ4n) is 2.87. The number of carbonyl (C=O) groups excluding carboxylic acids is 2. The number of rotatable bonds is 0. The van der Waals surface area contributed by atoms with Gasteiger partial charge in [0.15, 0.2) is 0 Å². The van der Waals surface area contributed by atoms with Crippen LogP contribution in [0.15, 0.2) is 60.7 Å². The zero-order chi connectivity index (χ0) is 18.2. The molecule has 0 bridgehead atoms. The van der Waals surface area contributed by atoms with Crippen molar-refractivity contribution in [1.82, 2.24) is 0 Å². The molecule has 0 saturated carbocycles. The second-order valence-corrected chi connectivity index (χ2v) is 6.20. The average Bonchev–Trinajstić information content (AvgIpc) is 2.64. The van der Waals surface area contributed by atoms with Crippen molar-refractivity contribution in [2.75, 3.05) is 0 Å². The van der Waals surface area contributed by atoms with Crippen LogP contribution in [0.25, 0.3) is 11.1 Å². The molecule has 1 aliphatic heterocycles. The molecule has 0 spiro atoms. The third-order valence-corrected chi connectivity index (χ3v) is 4.18. The van der Waals surface area contributed by atoms with Crippen LogP contribution in [0.2, 0.25) is 0 Å². The van der Waals surface area contributed by atoms with E-state index in [4.69, 9.17) is 9.47 Å². The summed E-state index contributed by atoms with van der Waals surface area (Å²) in [4.78, 5) is 24.3. The van der Waals surface area contributed by atoms with Crippen molar-refractivity contribution in [3.8, 4) is 22.6 Å². The van der Waals surface area contributed by atoms with Gasteiger partial charge in [0, 0.05) is 24.0 Å². The van der Waals surface area contributed by atoms with E-state index in [2.05, 4.69) is 0 Å². The Morgan fingerprint density at radius 2 is 1.04 bits per heavy atom. The summed E-state index contributed by atoms with van der Waals surface area (Å²) < 4.78 is 11.2. The summed E-state index contributed by atoms with van der Waals surface area (Å²) in [5.74, 6) is 0.437. The number of benzene rings is 2. The van der Waals surface area contributed by atoms with Crippen LogP contribution in [0.5, 0.6) is 11.5 Å². The highest BCUT2D eigenvalue weighted by Crippen LogP contribution is 2.36. The van der Waals surface area contributed by atoms with Crippen molar-refractivity contribution >= 4 is 11.9 Å². The fourth-order valence-corrected chi connectivity index (χ4v) is 2.87. The van der Waals surface area contributed by atoms with Gasteiger partial charge in [0.05, 0.1) is 0 Å². The van der Waals surface area contributed by atoms with E-state index in [1.165, 1.54) is 0 Å².